The molecule has 5 rings (SSSR count). The molecule has 196 valence electrons. The molecule has 4 aromatic rings. The summed E-state index contributed by atoms with van der Waals surface area (Å²) in [6.07, 6.45) is 3.66. The van der Waals surface area contributed by atoms with E-state index in [0.717, 1.165) is 22.4 Å². The molecule has 2 N–H and O–H groups in total. The highest BCUT2D eigenvalue weighted by atomic mass is 35.5. The van der Waals surface area contributed by atoms with Crippen LogP contribution in [0.1, 0.15) is 51.4 Å². The van der Waals surface area contributed by atoms with Gasteiger partial charge in [-0.05, 0) is 61.7 Å². The van der Waals surface area contributed by atoms with Gasteiger partial charge in [0.2, 0.25) is 5.95 Å². The number of carbonyl (C=O) groups is 1. The van der Waals surface area contributed by atoms with E-state index in [1.165, 1.54) is 17.5 Å². The predicted octanol–water partition coefficient (Wildman–Crippen LogP) is 4.69. The highest BCUT2D eigenvalue weighted by molar-refractivity contribution is 7.97. The second-order valence-corrected chi connectivity index (χ2v) is 10.5. The van der Waals surface area contributed by atoms with Gasteiger partial charge in [-0.3, -0.25) is 23.9 Å². The van der Waals surface area contributed by atoms with Gasteiger partial charge in [0.15, 0.2) is 5.69 Å². The monoisotopic (exact) mass is 549 g/mol. The summed E-state index contributed by atoms with van der Waals surface area (Å²) in [7, 11) is 1.76. The lowest BCUT2D eigenvalue weighted by atomic mass is 10.0. The largest absolute Gasteiger partial charge is 0.377 e. The van der Waals surface area contributed by atoms with Crippen LogP contribution in [0.4, 0.5) is 11.6 Å². The summed E-state index contributed by atoms with van der Waals surface area (Å²) >= 11 is 7.27. The van der Waals surface area contributed by atoms with Gasteiger partial charge in [-0.1, -0.05) is 29.6 Å². The van der Waals surface area contributed by atoms with Crippen molar-refractivity contribution in [3.8, 4) is 0 Å². The van der Waals surface area contributed by atoms with Crippen molar-refractivity contribution in [3.05, 3.63) is 85.7 Å². The number of nitrogens with one attached hydrogen (secondary N) is 2. The summed E-state index contributed by atoms with van der Waals surface area (Å²) in [4.78, 5) is 42.0. The molecule has 0 spiro atoms. The van der Waals surface area contributed by atoms with Crippen LogP contribution >= 0.6 is 23.5 Å². The Morgan fingerprint density at radius 2 is 1.89 bits per heavy atom. The quantitative estimate of drug-likeness (QED) is 0.263. The van der Waals surface area contributed by atoms with Crippen molar-refractivity contribution in [3.63, 3.8) is 0 Å². The van der Waals surface area contributed by atoms with E-state index in [0.29, 0.717) is 35.6 Å². The van der Waals surface area contributed by atoms with Crippen LogP contribution in [0.3, 0.4) is 0 Å². The summed E-state index contributed by atoms with van der Waals surface area (Å²) in [5.41, 5.74) is 6.32. The first-order valence-corrected chi connectivity index (χ1v) is 13.7. The number of halogens is 1. The minimum atomic E-state index is -0.351. The Kier molecular flexibility index (Phi) is 7.02. The predicted molar refractivity (Wildman–Crippen MR) is 153 cm³/mol. The van der Waals surface area contributed by atoms with Gasteiger partial charge in [0, 0.05) is 43.8 Å². The number of aryl methyl sites for hydroxylation is 2. The van der Waals surface area contributed by atoms with Crippen LogP contribution in [-0.4, -0.2) is 31.7 Å². The van der Waals surface area contributed by atoms with Crippen LogP contribution in [0.15, 0.2) is 41.3 Å². The molecule has 0 saturated carbocycles. The zero-order valence-corrected chi connectivity index (χ0v) is 23.4. The number of hydrogen-bond acceptors (Lipinski definition) is 8. The number of aromatic nitrogens is 4. The number of amides is 1. The van der Waals surface area contributed by atoms with E-state index < -0.39 is 0 Å². The Morgan fingerprint density at radius 1 is 1.13 bits per heavy atom. The fourth-order valence-corrected chi connectivity index (χ4v) is 5.30. The van der Waals surface area contributed by atoms with E-state index in [2.05, 4.69) is 31.0 Å². The summed E-state index contributed by atoms with van der Waals surface area (Å²) < 4.78 is 4.31. The Balaban J connectivity index is 1.57. The minimum Gasteiger partial charge on any atom is -0.377 e. The van der Waals surface area contributed by atoms with Gasteiger partial charge in [-0.15, -0.1) is 0 Å². The Hall–Kier alpha value is -3.63. The lowest BCUT2D eigenvalue weighted by molar-refractivity contribution is 0.0980. The minimum absolute atomic E-state index is 0.111. The molecule has 1 unspecified atom stereocenters. The second-order valence-electron chi connectivity index (χ2n) is 9.51. The topological polar surface area (TPSA) is 105 Å². The van der Waals surface area contributed by atoms with Crippen LogP contribution < -0.4 is 20.5 Å². The maximum absolute atomic E-state index is 13.6. The number of nitrogens with zero attached hydrogens (tertiary/aromatic N) is 5. The molecule has 38 heavy (non-hydrogen) atoms. The smallest absolute Gasteiger partial charge is 0.281 e. The van der Waals surface area contributed by atoms with Gasteiger partial charge < -0.3 is 10.2 Å². The average Bonchev–Trinajstić information content (AvgIpc) is 3.30. The third kappa shape index (κ3) is 4.81. The first-order chi connectivity index (χ1) is 18.2. The van der Waals surface area contributed by atoms with Crippen LogP contribution in [0.25, 0.3) is 10.9 Å². The number of hydrogen-bond donors (Lipinski definition) is 2. The fourth-order valence-electron chi connectivity index (χ4n) is 4.87. The lowest BCUT2D eigenvalue weighted by Crippen LogP contribution is -2.28. The molecule has 1 atom stereocenters. The van der Waals surface area contributed by atoms with Gasteiger partial charge in [0.05, 0.1) is 22.6 Å². The molecule has 0 saturated heterocycles. The van der Waals surface area contributed by atoms with Crippen molar-refractivity contribution in [2.24, 2.45) is 7.05 Å². The SMILES string of the molecule is CSNC(=O)c1nc(Cl)ccc1NC(C)c1cc(C)cc2c(=O)n(C)c(N3Cc4cnc(C)cc4C3)nc12. The van der Waals surface area contributed by atoms with Crippen molar-refractivity contribution in [2.75, 3.05) is 16.5 Å². The fraction of sp³-hybridized carbons (Fsp3) is 0.296. The zero-order valence-electron chi connectivity index (χ0n) is 21.8. The van der Waals surface area contributed by atoms with Gasteiger partial charge in [-0.2, -0.15) is 0 Å². The van der Waals surface area contributed by atoms with E-state index in [1.54, 1.807) is 30.0 Å². The normalized spacial score (nSPS) is 13.5. The Labute approximate surface area is 229 Å². The summed E-state index contributed by atoms with van der Waals surface area (Å²) in [5.74, 6) is 0.248. The molecule has 0 radical (unpaired) electrons. The van der Waals surface area contributed by atoms with Crippen LogP contribution in [-0.2, 0) is 20.1 Å². The Bertz CT molecular complexity index is 1640. The molecule has 0 fully saturated rings. The molecule has 3 aromatic heterocycles. The van der Waals surface area contributed by atoms with Crippen molar-refractivity contribution in [1.82, 2.24) is 24.2 Å². The molecular formula is C27H28ClN7O2S. The summed E-state index contributed by atoms with van der Waals surface area (Å²) in [5, 5.41) is 4.16. The molecular weight excluding hydrogens is 522 g/mol. The molecule has 9 nitrogen and oxygen atoms in total. The maximum atomic E-state index is 13.6. The second kappa shape index (κ2) is 10.3. The van der Waals surface area contributed by atoms with Crippen molar-refractivity contribution in [1.29, 1.82) is 0 Å². The highest BCUT2D eigenvalue weighted by Crippen LogP contribution is 2.31. The third-order valence-corrected chi connectivity index (χ3v) is 7.27. The van der Waals surface area contributed by atoms with E-state index in [4.69, 9.17) is 16.6 Å². The molecule has 1 amide bonds. The molecule has 1 aromatic carbocycles. The first kappa shape index (κ1) is 26.0. The zero-order chi connectivity index (χ0) is 27.1. The van der Waals surface area contributed by atoms with Crippen LogP contribution in [0.2, 0.25) is 5.15 Å². The summed E-state index contributed by atoms with van der Waals surface area (Å²) in [6, 6.07) is 9.05. The summed E-state index contributed by atoms with van der Waals surface area (Å²) in [6.45, 7) is 7.19. The van der Waals surface area contributed by atoms with Gasteiger partial charge in [0.25, 0.3) is 11.5 Å². The molecule has 0 bridgehead atoms. The van der Waals surface area contributed by atoms with Crippen LogP contribution in [0, 0.1) is 13.8 Å². The number of benzene rings is 1. The maximum Gasteiger partial charge on any atom is 0.281 e. The van der Waals surface area contributed by atoms with Crippen molar-refractivity contribution in [2.45, 2.75) is 39.9 Å². The molecule has 1 aliphatic heterocycles. The van der Waals surface area contributed by atoms with Gasteiger partial charge in [-0.25, -0.2) is 9.97 Å². The number of fused-ring (bicyclic) bond motifs is 2. The first-order valence-electron chi connectivity index (χ1n) is 12.1. The van der Waals surface area contributed by atoms with Gasteiger partial charge in [0.1, 0.15) is 5.15 Å². The highest BCUT2D eigenvalue weighted by Gasteiger charge is 2.25. The van der Waals surface area contributed by atoms with E-state index in [9.17, 15) is 9.59 Å². The van der Waals surface area contributed by atoms with Crippen LogP contribution in [0.5, 0.6) is 0 Å². The molecule has 4 heterocycles. The van der Waals surface area contributed by atoms with E-state index in [1.807, 2.05) is 39.1 Å². The average molecular weight is 550 g/mol. The van der Waals surface area contributed by atoms with E-state index in [-0.39, 0.29) is 28.4 Å². The van der Waals surface area contributed by atoms with Gasteiger partial charge >= 0.3 is 0 Å². The number of anilines is 2. The number of pyridine rings is 2. The number of rotatable bonds is 6. The standard InChI is InChI=1S/C27H28ClN7O2S/c1-14-8-19(16(3)30-21-6-7-22(28)31-24(21)25(36)33-38-5)23-20(9-14)26(37)34(4)27(32-23)35-12-17-10-15(2)29-11-18(17)13-35/h6-11,16,30H,12-13H2,1-5H3,(H,33,36). The number of carbonyl (C=O) groups excluding carboxylic acids is 1. The van der Waals surface area contributed by atoms with E-state index >= 15 is 0 Å². The van der Waals surface area contributed by atoms with Crippen molar-refractivity contribution >= 4 is 52.0 Å². The molecule has 0 aliphatic carbocycles. The molecule has 11 heteroatoms. The molecule has 1 aliphatic rings. The Morgan fingerprint density at radius 3 is 2.66 bits per heavy atom. The lowest BCUT2D eigenvalue weighted by Gasteiger charge is -2.23. The third-order valence-electron chi connectivity index (χ3n) is 6.67. The van der Waals surface area contributed by atoms with Crippen molar-refractivity contribution < 1.29 is 4.79 Å².